The van der Waals surface area contributed by atoms with Crippen molar-refractivity contribution in [1.82, 2.24) is 0 Å². The van der Waals surface area contributed by atoms with Crippen LogP contribution in [0.5, 0.6) is 11.5 Å². The molecule has 0 amide bonds. The summed E-state index contributed by atoms with van der Waals surface area (Å²) in [4.78, 5) is 3.94. The van der Waals surface area contributed by atoms with Crippen LogP contribution in [0.4, 0.5) is 18.9 Å². The molecule has 0 heterocycles. The molecule has 2 rings (SSSR count). The molecule has 0 unspecified atom stereocenters. The van der Waals surface area contributed by atoms with Crippen molar-refractivity contribution in [2.45, 2.75) is 13.1 Å². The molecule has 0 aliphatic carbocycles. The van der Waals surface area contributed by atoms with Crippen molar-refractivity contribution in [3.8, 4) is 11.5 Å². The maximum Gasteiger partial charge on any atom is 0.416 e. The minimum Gasteiger partial charge on any atom is -0.504 e. The number of aliphatic imine (C=N–C) groups is 1. The van der Waals surface area contributed by atoms with Gasteiger partial charge in [0.25, 0.3) is 0 Å². The largest absolute Gasteiger partial charge is 0.504 e. The van der Waals surface area contributed by atoms with Crippen molar-refractivity contribution in [3.63, 3.8) is 0 Å². The lowest BCUT2D eigenvalue weighted by atomic mass is 10.2. The van der Waals surface area contributed by atoms with Gasteiger partial charge in [-0.25, -0.2) is 0 Å². The molecule has 0 aromatic heterocycles. The monoisotopic (exact) mass is 343 g/mol. The van der Waals surface area contributed by atoms with Gasteiger partial charge in [-0.15, -0.1) is 0 Å². The fourth-order valence-corrected chi connectivity index (χ4v) is 2.01. The Morgan fingerprint density at radius 3 is 2.65 bits per heavy atom. The Morgan fingerprint density at radius 1 is 1.26 bits per heavy atom. The third kappa shape index (κ3) is 4.16. The molecule has 0 fully saturated rings. The summed E-state index contributed by atoms with van der Waals surface area (Å²) in [6, 6.07) is 7.64. The van der Waals surface area contributed by atoms with E-state index in [1.54, 1.807) is 25.1 Å². The predicted octanol–water partition coefficient (Wildman–Crippen LogP) is 5.21. The number of nitrogens with zero attached hydrogens (tertiary/aromatic N) is 1. The van der Waals surface area contributed by atoms with Gasteiger partial charge >= 0.3 is 6.18 Å². The number of aromatic hydroxyl groups is 1. The molecule has 0 aliphatic rings. The summed E-state index contributed by atoms with van der Waals surface area (Å²) < 4.78 is 43.4. The number of benzene rings is 2. The Morgan fingerprint density at radius 2 is 2.00 bits per heavy atom. The fraction of sp³-hybridized carbons (Fsp3) is 0.188. The summed E-state index contributed by atoms with van der Waals surface area (Å²) in [6.45, 7) is 2.14. The first-order valence-electron chi connectivity index (χ1n) is 6.68. The number of para-hydroxylation sites is 1. The van der Waals surface area contributed by atoms with E-state index >= 15 is 0 Å². The zero-order valence-electron chi connectivity index (χ0n) is 12.1. The highest BCUT2D eigenvalue weighted by Gasteiger charge is 2.30. The SMILES string of the molecule is CCOc1cccc(C=Nc2cc(C(F)(F)F)ccc2Cl)c1O. The van der Waals surface area contributed by atoms with Gasteiger partial charge in [0.15, 0.2) is 11.5 Å². The van der Waals surface area contributed by atoms with Crippen LogP contribution in [0.15, 0.2) is 41.4 Å². The molecule has 0 bridgehead atoms. The molecule has 7 heteroatoms. The van der Waals surface area contributed by atoms with Gasteiger partial charge < -0.3 is 9.84 Å². The molecule has 122 valence electrons. The predicted molar refractivity (Wildman–Crippen MR) is 83.0 cm³/mol. The summed E-state index contributed by atoms with van der Waals surface area (Å²) in [5.41, 5.74) is -0.575. The zero-order valence-corrected chi connectivity index (χ0v) is 12.8. The average Bonchev–Trinajstić information content (AvgIpc) is 2.48. The summed E-state index contributed by atoms with van der Waals surface area (Å²) >= 11 is 5.87. The first-order valence-corrected chi connectivity index (χ1v) is 7.06. The van der Waals surface area contributed by atoms with Gasteiger partial charge in [-0.3, -0.25) is 4.99 Å². The highest BCUT2D eigenvalue weighted by atomic mass is 35.5. The molecule has 1 N–H and O–H groups in total. The highest BCUT2D eigenvalue weighted by Crippen LogP contribution is 2.35. The Bertz CT molecular complexity index is 730. The van der Waals surface area contributed by atoms with Crippen molar-refractivity contribution in [2.75, 3.05) is 6.61 Å². The number of phenols is 1. The smallest absolute Gasteiger partial charge is 0.416 e. The summed E-state index contributed by atoms with van der Waals surface area (Å²) in [5, 5.41) is 10.1. The normalized spacial score (nSPS) is 11.9. The van der Waals surface area contributed by atoms with E-state index in [0.717, 1.165) is 18.2 Å². The first kappa shape index (κ1) is 17.1. The van der Waals surface area contributed by atoms with Crippen LogP contribution in [-0.4, -0.2) is 17.9 Å². The van der Waals surface area contributed by atoms with Gasteiger partial charge in [0.1, 0.15) is 0 Å². The van der Waals surface area contributed by atoms with E-state index in [4.69, 9.17) is 16.3 Å². The third-order valence-electron chi connectivity index (χ3n) is 2.95. The van der Waals surface area contributed by atoms with Crippen LogP contribution in [0.25, 0.3) is 0 Å². The number of hydrogen-bond acceptors (Lipinski definition) is 3. The molecule has 3 nitrogen and oxygen atoms in total. The van der Waals surface area contributed by atoms with E-state index in [1.165, 1.54) is 6.21 Å². The van der Waals surface area contributed by atoms with Crippen molar-refractivity contribution in [3.05, 3.63) is 52.5 Å². The lowest BCUT2D eigenvalue weighted by Gasteiger charge is -2.09. The topological polar surface area (TPSA) is 41.8 Å². The van der Waals surface area contributed by atoms with Gasteiger partial charge in [0, 0.05) is 11.8 Å². The van der Waals surface area contributed by atoms with Crippen molar-refractivity contribution in [1.29, 1.82) is 0 Å². The van der Waals surface area contributed by atoms with E-state index in [2.05, 4.69) is 4.99 Å². The maximum absolute atomic E-state index is 12.7. The molecule has 0 spiro atoms. The molecule has 0 atom stereocenters. The second kappa shape index (κ2) is 6.91. The minimum absolute atomic E-state index is 0.0392. The number of hydrogen-bond donors (Lipinski definition) is 1. The maximum atomic E-state index is 12.7. The van der Waals surface area contributed by atoms with Crippen molar-refractivity contribution >= 4 is 23.5 Å². The average molecular weight is 344 g/mol. The molecule has 2 aromatic carbocycles. The Kier molecular flexibility index (Phi) is 5.15. The van der Waals surface area contributed by atoms with Crippen LogP contribution in [0.2, 0.25) is 5.02 Å². The zero-order chi connectivity index (χ0) is 17.0. The first-order chi connectivity index (χ1) is 10.8. The van der Waals surface area contributed by atoms with E-state index in [-0.39, 0.29) is 22.2 Å². The molecule has 0 saturated carbocycles. The van der Waals surface area contributed by atoms with E-state index in [0.29, 0.717) is 12.2 Å². The van der Waals surface area contributed by atoms with Crippen LogP contribution < -0.4 is 4.74 Å². The van der Waals surface area contributed by atoms with Crippen LogP contribution in [0, 0.1) is 0 Å². The minimum atomic E-state index is -4.48. The number of halogens is 4. The second-order valence-corrected chi connectivity index (χ2v) is 4.96. The number of alkyl halides is 3. The van der Waals surface area contributed by atoms with E-state index < -0.39 is 11.7 Å². The van der Waals surface area contributed by atoms with Gasteiger partial charge in [-0.2, -0.15) is 13.2 Å². The number of ether oxygens (including phenoxy) is 1. The van der Waals surface area contributed by atoms with E-state index in [1.807, 2.05) is 0 Å². The molecular formula is C16H13ClF3NO2. The molecule has 0 radical (unpaired) electrons. The second-order valence-electron chi connectivity index (χ2n) is 4.55. The number of rotatable bonds is 4. The third-order valence-corrected chi connectivity index (χ3v) is 3.27. The molecular weight excluding hydrogens is 331 g/mol. The Labute approximate surface area is 136 Å². The molecule has 0 aliphatic heterocycles. The summed E-state index contributed by atoms with van der Waals surface area (Å²) in [6.07, 6.45) is -3.24. The van der Waals surface area contributed by atoms with Gasteiger partial charge in [-0.1, -0.05) is 17.7 Å². The fourth-order valence-electron chi connectivity index (χ4n) is 1.84. The van der Waals surface area contributed by atoms with Crippen molar-refractivity contribution in [2.24, 2.45) is 4.99 Å². The van der Waals surface area contributed by atoms with Crippen LogP contribution >= 0.6 is 11.6 Å². The van der Waals surface area contributed by atoms with Crippen LogP contribution in [0.3, 0.4) is 0 Å². The van der Waals surface area contributed by atoms with Crippen LogP contribution in [0.1, 0.15) is 18.1 Å². The molecule has 23 heavy (non-hydrogen) atoms. The summed E-state index contributed by atoms with van der Waals surface area (Å²) in [5.74, 6) is 0.132. The van der Waals surface area contributed by atoms with Gasteiger partial charge in [-0.05, 0) is 37.3 Å². The molecule has 0 saturated heterocycles. The highest BCUT2D eigenvalue weighted by molar-refractivity contribution is 6.33. The van der Waals surface area contributed by atoms with Crippen LogP contribution in [-0.2, 0) is 6.18 Å². The Balaban J connectivity index is 2.36. The lowest BCUT2D eigenvalue weighted by Crippen LogP contribution is -2.04. The quantitative estimate of drug-likeness (QED) is 0.774. The van der Waals surface area contributed by atoms with Crippen molar-refractivity contribution < 1.29 is 23.0 Å². The Hall–Kier alpha value is -2.21. The van der Waals surface area contributed by atoms with E-state index in [9.17, 15) is 18.3 Å². The lowest BCUT2D eigenvalue weighted by molar-refractivity contribution is -0.137. The summed E-state index contributed by atoms with van der Waals surface area (Å²) in [7, 11) is 0. The standard InChI is InChI=1S/C16H13ClF3NO2/c1-2-23-14-5-3-4-10(15(14)22)9-21-13-8-11(16(18,19)20)6-7-12(13)17/h3-9,22H,2H2,1H3. The molecule has 2 aromatic rings. The van der Waals surface area contributed by atoms with Gasteiger partial charge in [0.2, 0.25) is 0 Å². The number of phenolic OH excluding ortho intramolecular Hbond substituents is 1. The van der Waals surface area contributed by atoms with Gasteiger partial charge in [0.05, 0.1) is 22.9 Å².